The summed E-state index contributed by atoms with van der Waals surface area (Å²) in [5.74, 6) is 0.214. The Morgan fingerprint density at radius 3 is 2.70 bits per heavy atom. The Labute approximate surface area is 277 Å². The van der Waals surface area contributed by atoms with Gasteiger partial charge < -0.3 is 19.1 Å². The number of fused-ring (bicyclic) bond motifs is 4. The molecule has 2 aliphatic carbocycles. The number of rotatable bonds is 4. The van der Waals surface area contributed by atoms with Crippen LogP contribution in [0.2, 0.25) is 5.02 Å². The second kappa shape index (κ2) is 13.7. The average Bonchev–Trinajstić information content (AvgIpc) is 3.17. The molecule has 2 aromatic carbocycles. The highest BCUT2D eigenvalue weighted by Crippen LogP contribution is 2.47. The lowest BCUT2D eigenvalue weighted by molar-refractivity contribution is -0.151. The van der Waals surface area contributed by atoms with Gasteiger partial charge >= 0.3 is 5.97 Å². The van der Waals surface area contributed by atoms with Crippen molar-refractivity contribution in [2.24, 2.45) is 11.8 Å². The first-order chi connectivity index (χ1) is 22.1. The molecular weight excluding hydrogens is 628 g/mol. The van der Waals surface area contributed by atoms with Crippen molar-refractivity contribution in [2.45, 2.75) is 87.9 Å². The largest absolute Gasteiger partial charge is 0.490 e. The van der Waals surface area contributed by atoms with Gasteiger partial charge in [-0.1, -0.05) is 37.4 Å². The van der Waals surface area contributed by atoms with E-state index in [1.165, 1.54) is 18.2 Å². The van der Waals surface area contributed by atoms with Crippen molar-refractivity contribution in [3.05, 3.63) is 58.1 Å². The molecule has 2 heterocycles. The Bertz CT molecular complexity index is 1570. The second-order valence-corrected chi connectivity index (χ2v) is 15.9. The lowest BCUT2D eigenvalue weighted by Gasteiger charge is -2.46. The molecule has 1 amide bonds. The molecule has 2 aromatic rings. The predicted octanol–water partition coefficient (Wildman–Crippen LogP) is 5.81. The number of halogens is 1. The maximum Gasteiger partial charge on any atom is 0.331 e. The first-order valence-corrected chi connectivity index (χ1v) is 18.6. The number of carbonyl (C=O) groups is 2. The van der Waals surface area contributed by atoms with Crippen LogP contribution in [0.25, 0.3) is 0 Å². The van der Waals surface area contributed by atoms with Gasteiger partial charge in [0.2, 0.25) is 10.0 Å². The van der Waals surface area contributed by atoms with Crippen molar-refractivity contribution in [3.8, 4) is 5.75 Å². The van der Waals surface area contributed by atoms with E-state index in [0.29, 0.717) is 44.1 Å². The fraction of sp³-hybridized carbons (Fsp3) is 0.600. The number of hydrogen-bond acceptors (Lipinski definition) is 8. The Morgan fingerprint density at radius 2 is 1.93 bits per heavy atom. The van der Waals surface area contributed by atoms with Gasteiger partial charge in [0.1, 0.15) is 12.4 Å². The van der Waals surface area contributed by atoms with Crippen molar-refractivity contribution < 1.29 is 32.2 Å². The summed E-state index contributed by atoms with van der Waals surface area (Å²) in [6.07, 6.45) is 7.83. The predicted molar refractivity (Wildman–Crippen MR) is 177 cm³/mol. The highest BCUT2D eigenvalue weighted by atomic mass is 35.5. The minimum absolute atomic E-state index is 0.103. The summed E-state index contributed by atoms with van der Waals surface area (Å²) in [6.45, 7) is 3.63. The molecule has 0 saturated heterocycles. The molecule has 46 heavy (non-hydrogen) atoms. The van der Waals surface area contributed by atoms with Crippen LogP contribution >= 0.6 is 11.6 Å². The van der Waals surface area contributed by atoms with Crippen LogP contribution in [0.1, 0.15) is 86.2 Å². The highest BCUT2D eigenvalue weighted by molar-refractivity contribution is 7.90. The van der Waals surface area contributed by atoms with E-state index in [-0.39, 0.29) is 29.6 Å². The van der Waals surface area contributed by atoms with E-state index in [4.69, 9.17) is 25.8 Å². The fourth-order valence-corrected chi connectivity index (χ4v) is 9.73. The van der Waals surface area contributed by atoms with Gasteiger partial charge in [0.05, 0.1) is 30.8 Å². The topological polar surface area (TPSA) is 111 Å². The molecular formula is C35H45ClN2O7S. The number of aryl methyl sites for hydroxylation is 1. The third-order valence-corrected chi connectivity index (χ3v) is 12.9. The molecule has 1 N–H and O–H groups in total. The number of benzene rings is 2. The van der Waals surface area contributed by atoms with Crippen LogP contribution in [0.3, 0.4) is 0 Å². The number of sulfonamides is 1. The van der Waals surface area contributed by atoms with Crippen LogP contribution in [-0.2, 0) is 36.1 Å². The Balaban J connectivity index is 1.39. The van der Waals surface area contributed by atoms with Crippen LogP contribution in [-0.4, -0.2) is 65.1 Å². The minimum Gasteiger partial charge on any atom is -0.490 e. The van der Waals surface area contributed by atoms with E-state index < -0.39 is 27.1 Å². The zero-order valence-corrected chi connectivity index (χ0v) is 28.3. The van der Waals surface area contributed by atoms with E-state index in [9.17, 15) is 18.0 Å². The molecule has 1 fully saturated rings. The van der Waals surface area contributed by atoms with E-state index in [0.717, 1.165) is 62.2 Å². The standard InChI is InChI=1S/C35H45ClN2O7S/c1-3-27-8-4-5-9-31(44-20-33(39)43-2)28-13-10-25(28)19-38-21-35(16-6-7-23-17-26(36)12-14-29(23)35)22-45-32-15-11-24(18-30(32)38)34(40)37-46(27,41)42/h11-12,14-15,17-18,25,27-28,31H,3-10,13,16,19-22H2,1-2H3,(H,37,40)/t25-,27+,28+,31-,35-/m0/s1. The average molecular weight is 673 g/mol. The first-order valence-electron chi connectivity index (χ1n) is 16.7. The Kier molecular flexibility index (Phi) is 9.88. The molecule has 0 unspecified atom stereocenters. The molecule has 1 spiro atoms. The van der Waals surface area contributed by atoms with Crippen LogP contribution < -0.4 is 14.4 Å². The quantitative estimate of drug-likeness (QED) is 0.405. The maximum atomic E-state index is 13.5. The fourth-order valence-electron chi connectivity index (χ4n) is 8.07. The summed E-state index contributed by atoms with van der Waals surface area (Å²) in [6, 6.07) is 11.4. The number of nitrogens with one attached hydrogen (secondary N) is 1. The Hall–Kier alpha value is -2.82. The van der Waals surface area contributed by atoms with Crippen molar-refractivity contribution >= 4 is 39.2 Å². The van der Waals surface area contributed by atoms with Gasteiger partial charge in [-0.05, 0) is 105 Å². The number of methoxy groups -OCH3 is 1. The number of ether oxygens (including phenoxy) is 3. The summed E-state index contributed by atoms with van der Waals surface area (Å²) in [4.78, 5) is 27.9. The number of esters is 1. The van der Waals surface area contributed by atoms with Crippen molar-refractivity contribution in [1.29, 1.82) is 0 Å². The number of anilines is 1. The summed E-state index contributed by atoms with van der Waals surface area (Å²) < 4.78 is 46.8. The zero-order valence-electron chi connectivity index (χ0n) is 26.8. The SMILES string of the molecule is CC[C@@H]1CCCC[C@H](OCC(=O)OC)[C@@H]2CC[C@H]2CN2C[C@@]3(CCCc4cc(Cl)ccc43)COc3ccc(cc32)C(=O)NS1(=O)=O. The van der Waals surface area contributed by atoms with E-state index >= 15 is 0 Å². The lowest BCUT2D eigenvalue weighted by atomic mass is 9.68. The first kappa shape index (κ1) is 33.1. The monoisotopic (exact) mass is 672 g/mol. The minimum atomic E-state index is -3.89. The molecule has 11 heteroatoms. The van der Waals surface area contributed by atoms with Crippen molar-refractivity contribution in [2.75, 3.05) is 38.3 Å². The van der Waals surface area contributed by atoms with Gasteiger partial charge in [-0.3, -0.25) is 4.79 Å². The molecule has 9 nitrogen and oxygen atoms in total. The van der Waals surface area contributed by atoms with Gasteiger partial charge in [0, 0.05) is 29.1 Å². The molecule has 250 valence electrons. The van der Waals surface area contributed by atoms with Crippen LogP contribution in [0, 0.1) is 11.8 Å². The van der Waals surface area contributed by atoms with Crippen molar-refractivity contribution in [3.63, 3.8) is 0 Å². The van der Waals surface area contributed by atoms with E-state index in [1.807, 2.05) is 13.0 Å². The third kappa shape index (κ3) is 6.76. The van der Waals surface area contributed by atoms with Gasteiger partial charge in [-0.2, -0.15) is 0 Å². The smallest absolute Gasteiger partial charge is 0.331 e. The number of carbonyl (C=O) groups excluding carboxylic acids is 2. The summed E-state index contributed by atoms with van der Waals surface area (Å²) in [5, 5.41) is 0.0421. The van der Waals surface area contributed by atoms with Crippen molar-refractivity contribution in [1.82, 2.24) is 4.72 Å². The van der Waals surface area contributed by atoms with Crippen LogP contribution in [0.5, 0.6) is 5.75 Å². The summed E-state index contributed by atoms with van der Waals surface area (Å²) in [7, 11) is -2.53. The highest BCUT2D eigenvalue weighted by Gasteiger charge is 2.45. The third-order valence-electron chi connectivity index (χ3n) is 10.7. The molecule has 0 aromatic heterocycles. The number of nitrogens with zero attached hydrogens (tertiary/aromatic N) is 1. The van der Waals surface area contributed by atoms with Gasteiger partial charge in [0.15, 0.2) is 0 Å². The molecule has 4 aliphatic rings. The molecule has 2 bridgehead atoms. The van der Waals surface area contributed by atoms with Crippen LogP contribution in [0.4, 0.5) is 5.69 Å². The second-order valence-electron chi connectivity index (χ2n) is 13.5. The van der Waals surface area contributed by atoms with E-state index in [2.05, 4.69) is 21.8 Å². The molecule has 2 aliphatic heterocycles. The maximum absolute atomic E-state index is 13.5. The number of amides is 1. The van der Waals surface area contributed by atoms with Gasteiger partial charge in [-0.15, -0.1) is 0 Å². The normalized spacial score (nSPS) is 29.3. The zero-order chi connectivity index (χ0) is 32.5. The molecule has 1 saturated carbocycles. The van der Waals surface area contributed by atoms with E-state index in [1.54, 1.807) is 18.2 Å². The Morgan fingerprint density at radius 1 is 1.11 bits per heavy atom. The lowest BCUT2D eigenvalue weighted by Crippen LogP contribution is -2.50. The van der Waals surface area contributed by atoms with Gasteiger partial charge in [-0.25, -0.2) is 17.9 Å². The number of hydrogen-bond donors (Lipinski definition) is 1. The summed E-state index contributed by atoms with van der Waals surface area (Å²) in [5.41, 5.74) is 3.30. The molecule has 0 radical (unpaired) electrons. The van der Waals surface area contributed by atoms with Crippen LogP contribution in [0.15, 0.2) is 36.4 Å². The van der Waals surface area contributed by atoms with Gasteiger partial charge in [0.25, 0.3) is 5.91 Å². The molecule has 5 atom stereocenters. The summed E-state index contributed by atoms with van der Waals surface area (Å²) >= 11 is 6.42. The molecule has 6 rings (SSSR count).